The molecule has 0 unspecified atom stereocenters. The standard InChI is InChI=1S/C10H23N2.2CH4.Y/c1-4-10(2,3)6-5-8-12-9-7-11;;;/h11-12H,4-9H2,1-3H3;2*1H4;/q-1;;;. The molecule has 0 amide bonds. The fourth-order valence-electron chi connectivity index (χ4n) is 1.08. The Hall–Kier alpha value is 1.02. The maximum Gasteiger partial charge on any atom is 0 e. The molecule has 0 saturated heterocycles. The second-order valence-electron chi connectivity index (χ2n) is 4.12. The summed E-state index contributed by atoms with van der Waals surface area (Å²) in [6, 6.07) is 0. The van der Waals surface area contributed by atoms with Crippen molar-refractivity contribution in [2.24, 2.45) is 5.41 Å². The minimum atomic E-state index is 0. The third-order valence-corrected chi connectivity index (χ3v) is 2.47. The van der Waals surface area contributed by atoms with Gasteiger partial charge in [-0.05, 0) is 31.3 Å². The maximum atomic E-state index is 6.93. The van der Waals surface area contributed by atoms with Gasteiger partial charge in [-0.2, -0.15) is 0 Å². The van der Waals surface area contributed by atoms with Crippen molar-refractivity contribution in [2.75, 3.05) is 19.6 Å². The van der Waals surface area contributed by atoms with Gasteiger partial charge in [-0.1, -0.05) is 42.0 Å². The largest absolute Gasteiger partial charge is 0.676 e. The van der Waals surface area contributed by atoms with Crippen LogP contribution in [0.1, 0.15) is 54.9 Å². The normalized spacial score (nSPS) is 9.60. The molecule has 0 bridgehead atoms. The Morgan fingerprint density at radius 2 is 1.67 bits per heavy atom. The molecule has 0 spiro atoms. The molecule has 0 fully saturated rings. The van der Waals surface area contributed by atoms with Crippen LogP contribution in [0.15, 0.2) is 0 Å². The SMILES string of the molecule is C.C.CCC(C)(C)CCCNCC[NH-].[Y]. The average Bonchev–Trinajstić information content (AvgIpc) is 2.04. The number of hydrogen-bond acceptors (Lipinski definition) is 1. The molecule has 0 atom stereocenters. The second-order valence-corrected chi connectivity index (χ2v) is 4.12. The summed E-state index contributed by atoms with van der Waals surface area (Å²) in [5.41, 5.74) is 7.44. The quantitative estimate of drug-likeness (QED) is 0.704. The van der Waals surface area contributed by atoms with Crippen LogP contribution in [0.5, 0.6) is 0 Å². The third-order valence-electron chi connectivity index (χ3n) is 2.47. The third kappa shape index (κ3) is 17.6. The molecule has 2 N–H and O–H groups in total. The van der Waals surface area contributed by atoms with Gasteiger partial charge in [-0.15, -0.1) is 6.54 Å². The first kappa shape index (κ1) is 25.0. The van der Waals surface area contributed by atoms with Gasteiger partial charge < -0.3 is 11.1 Å². The van der Waals surface area contributed by atoms with Crippen molar-refractivity contribution in [3.8, 4) is 0 Å². The van der Waals surface area contributed by atoms with Gasteiger partial charge in [-0.3, -0.25) is 0 Å². The molecule has 2 nitrogen and oxygen atoms in total. The molecule has 1 radical (unpaired) electrons. The van der Waals surface area contributed by atoms with Crippen molar-refractivity contribution in [1.82, 2.24) is 5.32 Å². The van der Waals surface area contributed by atoms with Crippen LogP contribution in [0.25, 0.3) is 5.73 Å². The predicted molar refractivity (Wildman–Crippen MR) is 68.8 cm³/mol. The smallest absolute Gasteiger partial charge is 0 e. The summed E-state index contributed by atoms with van der Waals surface area (Å²) in [6.07, 6.45) is 3.78. The van der Waals surface area contributed by atoms with Gasteiger partial charge in [0.05, 0.1) is 0 Å². The van der Waals surface area contributed by atoms with E-state index in [2.05, 4.69) is 26.1 Å². The van der Waals surface area contributed by atoms with Crippen molar-refractivity contribution >= 4 is 0 Å². The molecule has 0 saturated carbocycles. The van der Waals surface area contributed by atoms with Gasteiger partial charge in [-0.25, -0.2) is 0 Å². The Morgan fingerprint density at radius 1 is 1.13 bits per heavy atom. The van der Waals surface area contributed by atoms with E-state index < -0.39 is 0 Å². The Bertz CT molecular complexity index is 106. The van der Waals surface area contributed by atoms with E-state index in [1.54, 1.807) is 0 Å². The number of nitrogens with one attached hydrogen (secondary N) is 2. The van der Waals surface area contributed by atoms with Crippen molar-refractivity contribution in [3.63, 3.8) is 0 Å². The van der Waals surface area contributed by atoms with Crippen LogP contribution >= 0.6 is 0 Å². The van der Waals surface area contributed by atoms with Crippen molar-refractivity contribution in [3.05, 3.63) is 5.73 Å². The summed E-state index contributed by atoms with van der Waals surface area (Å²) in [6.45, 7) is 9.29. The Labute approximate surface area is 123 Å². The fraction of sp³-hybridized carbons (Fsp3) is 1.00. The van der Waals surface area contributed by atoms with E-state index in [0.717, 1.165) is 13.1 Å². The van der Waals surface area contributed by atoms with Crippen molar-refractivity contribution < 1.29 is 32.7 Å². The number of rotatable bonds is 7. The van der Waals surface area contributed by atoms with Crippen LogP contribution in [0.2, 0.25) is 0 Å². The minimum Gasteiger partial charge on any atom is -0.676 e. The summed E-state index contributed by atoms with van der Waals surface area (Å²) in [5.74, 6) is 0. The zero-order valence-electron chi connectivity index (χ0n) is 9.32. The Morgan fingerprint density at radius 3 is 2.07 bits per heavy atom. The van der Waals surface area contributed by atoms with Gasteiger partial charge in [0.1, 0.15) is 0 Å². The molecule has 0 aliphatic carbocycles. The van der Waals surface area contributed by atoms with Crippen molar-refractivity contribution in [1.29, 1.82) is 0 Å². The molecule has 0 rings (SSSR count). The monoisotopic (exact) mass is 292 g/mol. The van der Waals surface area contributed by atoms with E-state index in [1.165, 1.54) is 19.3 Å². The zero-order chi connectivity index (χ0) is 9.45. The van der Waals surface area contributed by atoms with Gasteiger partial charge in [0, 0.05) is 32.7 Å². The van der Waals surface area contributed by atoms with Crippen LogP contribution < -0.4 is 5.32 Å². The summed E-state index contributed by atoms with van der Waals surface area (Å²) >= 11 is 0. The van der Waals surface area contributed by atoms with Gasteiger partial charge >= 0.3 is 0 Å². The van der Waals surface area contributed by atoms with Crippen LogP contribution in [0.4, 0.5) is 0 Å². The molecular weight excluding hydrogens is 261 g/mol. The molecule has 93 valence electrons. The molecule has 0 aromatic rings. The van der Waals surface area contributed by atoms with Gasteiger partial charge in [0.15, 0.2) is 0 Å². The van der Waals surface area contributed by atoms with Crippen LogP contribution in [-0.4, -0.2) is 19.6 Å². The fourth-order valence-corrected chi connectivity index (χ4v) is 1.08. The minimum absolute atomic E-state index is 0. The summed E-state index contributed by atoms with van der Waals surface area (Å²) in [7, 11) is 0. The van der Waals surface area contributed by atoms with E-state index in [9.17, 15) is 0 Å². The maximum absolute atomic E-state index is 6.93. The van der Waals surface area contributed by atoms with E-state index in [0.29, 0.717) is 12.0 Å². The predicted octanol–water partition coefficient (Wildman–Crippen LogP) is 4.11. The van der Waals surface area contributed by atoms with E-state index in [-0.39, 0.29) is 47.6 Å². The summed E-state index contributed by atoms with van der Waals surface area (Å²) < 4.78 is 0. The summed E-state index contributed by atoms with van der Waals surface area (Å²) in [5, 5.41) is 3.24. The Balaban J connectivity index is -0.000000202. The molecule has 3 heteroatoms. The molecule has 0 aromatic heterocycles. The van der Waals surface area contributed by atoms with Crippen LogP contribution in [0, 0.1) is 5.41 Å². The molecule has 15 heavy (non-hydrogen) atoms. The average molecular weight is 292 g/mol. The van der Waals surface area contributed by atoms with Gasteiger partial charge in [0.2, 0.25) is 0 Å². The van der Waals surface area contributed by atoms with E-state index in [4.69, 9.17) is 5.73 Å². The molecule has 0 heterocycles. The van der Waals surface area contributed by atoms with Gasteiger partial charge in [0.25, 0.3) is 0 Å². The molecule has 0 aliphatic rings. The molecule has 0 aromatic carbocycles. The first-order valence-electron chi connectivity index (χ1n) is 4.97. The van der Waals surface area contributed by atoms with Crippen LogP contribution in [0.3, 0.4) is 0 Å². The zero-order valence-corrected chi connectivity index (χ0v) is 12.2. The van der Waals surface area contributed by atoms with E-state index >= 15 is 0 Å². The summed E-state index contributed by atoms with van der Waals surface area (Å²) in [4.78, 5) is 0. The number of hydrogen-bond donors (Lipinski definition) is 1. The second kappa shape index (κ2) is 15.0. The first-order chi connectivity index (χ1) is 5.62. The van der Waals surface area contributed by atoms with Crippen LogP contribution in [-0.2, 0) is 32.7 Å². The molecular formula is C12H31N2Y-. The molecule has 0 aliphatic heterocycles. The first-order valence-corrected chi connectivity index (χ1v) is 4.97. The topological polar surface area (TPSA) is 35.8 Å². The van der Waals surface area contributed by atoms with E-state index in [1.807, 2.05) is 0 Å². The Kier molecular flexibility index (Phi) is 25.1. The van der Waals surface area contributed by atoms with Crippen molar-refractivity contribution in [2.45, 2.75) is 54.9 Å².